The lowest BCUT2D eigenvalue weighted by atomic mass is 9.99. The molecule has 2 rings (SSSR count). The highest BCUT2D eigenvalue weighted by molar-refractivity contribution is 6.05. The summed E-state index contributed by atoms with van der Waals surface area (Å²) >= 11 is 0. The van der Waals surface area contributed by atoms with Crippen molar-refractivity contribution in [3.8, 4) is 0 Å². The Labute approximate surface area is 127 Å². The second kappa shape index (κ2) is 7.82. The van der Waals surface area contributed by atoms with Gasteiger partial charge in [0.1, 0.15) is 0 Å². The van der Waals surface area contributed by atoms with Gasteiger partial charge in [-0.1, -0.05) is 56.9 Å². The van der Waals surface area contributed by atoms with Crippen molar-refractivity contribution in [3.05, 3.63) is 41.5 Å². The van der Waals surface area contributed by atoms with E-state index in [1.807, 2.05) is 12.1 Å². The van der Waals surface area contributed by atoms with E-state index in [1.165, 1.54) is 32.1 Å². The Bertz CT molecular complexity index is 604. The second-order valence-corrected chi connectivity index (χ2v) is 5.66. The molecular weight excluding hydrogens is 258 g/mol. The van der Waals surface area contributed by atoms with Crippen molar-refractivity contribution in [2.45, 2.75) is 46.0 Å². The molecule has 0 aliphatic heterocycles. The van der Waals surface area contributed by atoms with Gasteiger partial charge in [-0.3, -0.25) is 4.79 Å². The number of anilines is 1. The molecule has 0 saturated carbocycles. The molecule has 0 aromatic heterocycles. The van der Waals surface area contributed by atoms with Gasteiger partial charge < -0.3 is 5.32 Å². The maximum atomic E-state index is 11.2. The van der Waals surface area contributed by atoms with E-state index in [9.17, 15) is 4.79 Å². The normalized spacial score (nSPS) is 10.8. The van der Waals surface area contributed by atoms with Crippen LogP contribution in [-0.2, 0) is 0 Å². The summed E-state index contributed by atoms with van der Waals surface area (Å²) in [5.41, 5.74) is 3.06. The van der Waals surface area contributed by atoms with E-state index >= 15 is 0 Å². The molecule has 0 unspecified atom stereocenters. The van der Waals surface area contributed by atoms with Gasteiger partial charge in [0, 0.05) is 23.2 Å². The number of carbonyl (C=O) groups excluding carboxylic acids is 1. The van der Waals surface area contributed by atoms with Gasteiger partial charge >= 0.3 is 0 Å². The highest BCUT2D eigenvalue weighted by Gasteiger charge is 2.07. The fourth-order valence-electron chi connectivity index (χ4n) is 2.82. The number of benzene rings is 2. The van der Waals surface area contributed by atoms with Crippen LogP contribution in [-0.4, -0.2) is 12.8 Å². The van der Waals surface area contributed by atoms with Crippen molar-refractivity contribution in [1.29, 1.82) is 0 Å². The molecule has 0 saturated heterocycles. The third-order valence-electron chi connectivity index (χ3n) is 4.00. The zero-order chi connectivity index (χ0) is 15.1. The van der Waals surface area contributed by atoms with Crippen LogP contribution in [0.1, 0.15) is 54.9 Å². The van der Waals surface area contributed by atoms with Crippen LogP contribution >= 0.6 is 0 Å². The van der Waals surface area contributed by atoms with Crippen molar-refractivity contribution >= 4 is 22.7 Å². The quantitative estimate of drug-likeness (QED) is 0.523. The third kappa shape index (κ3) is 3.84. The summed E-state index contributed by atoms with van der Waals surface area (Å²) in [6.07, 6.45) is 7.36. The predicted molar refractivity (Wildman–Crippen MR) is 91.3 cm³/mol. The van der Waals surface area contributed by atoms with E-state index in [0.717, 1.165) is 40.4 Å². The molecule has 2 nitrogen and oxygen atoms in total. The van der Waals surface area contributed by atoms with Gasteiger partial charge in [-0.05, 0) is 30.4 Å². The number of carbonyl (C=O) groups is 1. The smallest absolute Gasteiger partial charge is 0.150 e. The van der Waals surface area contributed by atoms with Crippen molar-refractivity contribution in [2.24, 2.45) is 0 Å². The molecule has 0 spiro atoms. The minimum Gasteiger partial charge on any atom is -0.385 e. The van der Waals surface area contributed by atoms with Crippen LogP contribution in [0.3, 0.4) is 0 Å². The lowest BCUT2D eigenvalue weighted by molar-refractivity contribution is 0.112. The second-order valence-electron chi connectivity index (χ2n) is 5.66. The summed E-state index contributed by atoms with van der Waals surface area (Å²) in [5, 5.41) is 5.75. The third-order valence-corrected chi connectivity index (χ3v) is 4.00. The monoisotopic (exact) mass is 283 g/mol. The number of unbranched alkanes of at least 4 members (excludes halogenated alkanes) is 4. The molecule has 0 radical (unpaired) electrons. The number of aryl methyl sites for hydroxylation is 1. The molecule has 2 heteroatoms. The molecule has 0 heterocycles. The van der Waals surface area contributed by atoms with Crippen LogP contribution in [0.5, 0.6) is 0 Å². The van der Waals surface area contributed by atoms with Gasteiger partial charge in [-0.2, -0.15) is 0 Å². The summed E-state index contributed by atoms with van der Waals surface area (Å²) in [5.74, 6) is 0. The van der Waals surface area contributed by atoms with E-state index in [2.05, 4.69) is 37.4 Å². The SMILES string of the molecule is CCCCCCCNc1ccc(C)c2c(C=O)cccc12. The zero-order valence-corrected chi connectivity index (χ0v) is 13.1. The maximum Gasteiger partial charge on any atom is 0.150 e. The first kappa shape index (κ1) is 15.6. The largest absolute Gasteiger partial charge is 0.385 e. The highest BCUT2D eigenvalue weighted by Crippen LogP contribution is 2.28. The van der Waals surface area contributed by atoms with Gasteiger partial charge in [0.15, 0.2) is 6.29 Å². The number of aldehydes is 1. The van der Waals surface area contributed by atoms with E-state index in [-0.39, 0.29) is 0 Å². The standard InChI is InChI=1S/C19H25NO/c1-3-4-5-6-7-13-20-18-12-11-15(2)19-16(14-21)9-8-10-17(18)19/h8-12,14,20H,3-7,13H2,1-2H3. The molecular formula is C19H25NO. The van der Waals surface area contributed by atoms with Gasteiger partial charge in [0.2, 0.25) is 0 Å². The molecule has 0 fully saturated rings. The lowest BCUT2D eigenvalue weighted by Gasteiger charge is -2.12. The van der Waals surface area contributed by atoms with Crippen molar-refractivity contribution in [3.63, 3.8) is 0 Å². The number of fused-ring (bicyclic) bond motifs is 1. The average Bonchev–Trinajstić information content (AvgIpc) is 2.52. The first-order chi connectivity index (χ1) is 10.3. The van der Waals surface area contributed by atoms with Crippen molar-refractivity contribution in [2.75, 3.05) is 11.9 Å². The fraction of sp³-hybridized carbons (Fsp3) is 0.421. The van der Waals surface area contributed by atoms with E-state index in [4.69, 9.17) is 0 Å². The molecule has 0 atom stereocenters. The average molecular weight is 283 g/mol. The fourth-order valence-corrected chi connectivity index (χ4v) is 2.82. The molecule has 0 aliphatic rings. The Kier molecular flexibility index (Phi) is 5.79. The van der Waals surface area contributed by atoms with Gasteiger partial charge in [-0.25, -0.2) is 0 Å². The van der Waals surface area contributed by atoms with Gasteiger partial charge in [0.25, 0.3) is 0 Å². The lowest BCUT2D eigenvalue weighted by Crippen LogP contribution is -2.02. The summed E-state index contributed by atoms with van der Waals surface area (Å²) in [6, 6.07) is 10.1. The molecule has 21 heavy (non-hydrogen) atoms. The Morgan fingerprint density at radius 1 is 1.05 bits per heavy atom. The molecule has 2 aromatic rings. The Morgan fingerprint density at radius 2 is 1.86 bits per heavy atom. The molecule has 112 valence electrons. The maximum absolute atomic E-state index is 11.2. The van der Waals surface area contributed by atoms with Crippen LogP contribution in [0.15, 0.2) is 30.3 Å². The van der Waals surface area contributed by atoms with E-state index in [0.29, 0.717) is 0 Å². The molecule has 0 bridgehead atoms. The zero-order valence-electron chi connectivity index (χ0n) is 13.1. The summed E-state index contributed by atoms with van der Waals surface area (Å²) in [4.78, 5) is 11.2. The number of nitrogens with one attached hydrogen (secondary N) is 1. The topological polar surface area (TPSA) is 29.1 Å². The van der Waals surface area contributed by atoms with Crippen LogP contribution in [0.4, 0.5) is 5.69 Å². The predicted octanol–water partition coefficient (Wildman–Crippen LogP) is 5.34. The van der Waals surface area contributed by atoms with Gasteiger partial charge in [0.05, 0.1) is 0 Å². The molecule has 2 aromatic carbocycles. The number of rotatable bonds is 8. The van der Waals surface area contributed by atoms with Gasteiger partial charge in [-0.15, -0.1) is 0 Å². The Balaban J connectivity index is 2.10. The minimum atomic E-state index is 0.775. The van der Waals surface area contributed by atoms with E-state index < -0.39 is 0 Å². The Hall–Kier alpha value is -1.83. The first-order valence-electron chi connectivity index (χ1n) is 7.99. The first-order valence-corrected chi connectivity index (χ1v) is 7.99. The molecule has 0 amide bonds. The molecule has 1 N–H and O–H groups in total. The number of hydrogen-bond donors (Lipinski definition) is 1. The molecule has 0 aliphatic carbocycles. The van der Waals surface area contributed by atoms with Crippen LogP contribution in [0.2, 0.25) is 0 Å². The van der Waals surface area contributed by atoms with Crippen molar-refractivity contribution < 1.29 is 4.79 Å². The van der Waals surface area contributed by atoms with Crippen LogP contribution in [0, 0.1) is 6.92 Å². The summed E-state index contributed by atoms with van der Waals surface area (Å²) in [6.45, 7) is 5.29. The van der Waals surface area contributed by atoms with E-state index in [1.54, 1.807) is 0 Å². The Morgan fingerprint density at radius 3 is 2.62 bits per heavy atom. The van der Waals surface area contributed by atoms with Crippen LogP contribution < -0.4 is 5.32 Å². The summed E-state index contributed by atoms with van der Waals surface area (Å²) in [7, 11) is 0. The highest BCUT2D eigenvalue weighted by atomic mass is 16.1. The van der Waals surface area contributed by atoms with Crippen LogP contribution in [0.25, 0.3) is 10.8 Å². The number of hydrogen-bond acceptors (Lipinski definition) is 2. The van der Waals surface area contributed by atoms with Crippen molar-refractivity contribution in [1.82, 2.24) is 0 Å². The summed E-state index contributed by atoms with van der Waals surface area (Å²) < 4.78 is 0. The minimum absolute atomic E-state index is 0.775.